The summed E-state index contributed by atoms with van der Waals surface area (Å²) < 4.78 is 11.6. The quantitative estimate of drug-likeness (QED) is 0.0318. The summed E-state index contributed by atoms with van der Waals surface area (Å²) in [5.41, 5.74) is 8.02. The van der Waals surface area contributed by atoms with E-state index in [-0.39, 0.29) is 99.2 Å². The average Bonchev–Trinajstić information content (AvgIpc) is 2.63. The first-order chi connectivity index (χ1) is 40.7. The average molecular weight is 1230 g/mol. The Morgan fingerprint density at radius 3 is 2.20 bits per heavy atom. The minimum absolute atomic E-state index is 0.0312. The van der Waals surface area contributed by atoms with Crippen molar-refractivity contribution < 1.29 is 67.4 Å². The van der Waals surface area contributed by atoms with Crippen LogP contribution in [0.2, 0.25) is 0 Å². The van der Waals surface area contributed by atoms with Gasteiger partial charge in [-0.3, -0.25) is 52.5 Å². The van der Waals surface area contributed by atoms with E-state index < -0.39 is 96.3 Å². The van der Waals surface area contributed by atoms with Crippen molar-refractivity contribution >= 4 is 88.5 Å². The molecule has 11 N–H and O–H groups in total. The normalized spacial score (nSPS) is 19.7. The summed E-state index contributed by atoms with van der Waals surface area (Å²) in [7, 11) is -5.09. The number of fused-ring (bicyclic) bond motifs is 2. The molecule has 0 bridgehead atoms. The Morgan fingerprint density at radius 2 is 1.55 bits per heavy atom. The number of carbonyl (C=O) groups excluding carboxylic acids is 10. The van der Waals surface area contributed by atoms with Crippen LogP contribution < -0.4 is 32.3 Å². The molecule has 7 atom stereocenters. The van der Waals surface area contributed by atoms with Gasteiger partial charge in [-0.25, -0.2) is 4.98 Å². The largest absolute Gasteiger partial charge is 0.396 e. The van der Waals surface area contributed by atoms with Crippen molar-refractivity contribution in [1.82, 2.24) is 51.3 Å². The van der Waals surface area contributed by atoms with Crippen molar-refractivity contribution in [3.8, 4) is 10.4 Å². The number of nitrogens with two attached hydrogens (primary N) is 1. The molecule has 86 heavy (non-hydrogen) atoms. The molecule has 27 heteroatoms. The number of rotatable bonds is 26. The van der Waals surface area contributed by atoms with Crippen LogP contribution in [0.15, 0.2) is 54.0 Å². The predicted octanol–water partition coefficient (Wildman–Crippen LogP) is 3.42. The van der Waals surface area contributed by atoms with Crippen molar-refractivity contribution in [3.63, 3.8) is 0 Å². The van der Waals surface area contributed by atoms with E-state index in [0.717, 1.165) is 53.8 Å². The van der Waals surface area contributed by atoms with Gasteiger partial charge in [0.25, 0.3) is 11.4 Å². The standard InChI is InChI=1S/C59H80N11O14PS/c1-34-50(86-33-63-34)37-16-14-36(15-17-37)30-62-54(77)47-29-41(72)31-69(47)57(80)51(59(3,4)5)67-49(74)13-11-9-7-6-8-10-12-25-61-52(75)43(21-23-48(60)73)65-55(78)46-22-19-40-24-26-68(35(2)71)32-45(56(79)70(40)46)66-53(76)44-28-39-27-38(18-20-42(39)64-44)58(81)85(82,83)84/h14-18,20,27-28,33,40-41,43,45-47,51,64,72H,6-13,19,21-26,29-32H2,1-5H3,(H2,60,73)(H,61,75)(H,62,77)(H,65,78)(H,66,76)(H,67,74)(H2,82,83,84)/t40-,41-,43+,45+,46+,47+,51-/m1/s1. The number of benzene rings is 2. The smallest absolute Gasteiger partial charge is 0.391 e. The lowest BCUT2D eigenvalue weighted by Crippen LogP contribution is -2.61. The highest BCUT2D eigenvalue weighted by Gasteiger charge is 2.47. The highest BCUT2D eigenvalue weighted by Crippen LogP contribution is 2.40. The number of aliphatic hydroxyl groups excluding tert-OH is 1. The van der Waals surface area contributed by atoms with Gasteiger partial charge in [0, 0.05) is 81.4 Å². The van der Waals surface area contributed by atoms with Gasteiger partial charge < -0.3 is 66.9 Å². The maximum absolute atomic E-state index is 14.5. The number of aromatic amines is 1. The van der Waals surface area contributed by atoms with E-state index in [1.807, 2.05) is 52.0 Å². The number of β-amino-alcohol motifs (C(OH)–C–C–N with tert-alkyl or cyclic N) is 1. The van der Waals surface area contributed by atoms with Gasteiger partial charge in [-0.1, -0.05) is 77.1 Å². The fourth-order valence-electron chi connectivity index (χ4n) is 11.3. The minimum Gasteiger partial charge on any atom is -0.391 e. The lowest BCUT2D eigenvalue weighted by atomic mass is 9.85. The zero-order valence-corrected chi connectivity index (χ0v) is 50.9. The maximum Gasteiger partial charge on any atom is 0.396 e. The first kappa shape index (κ1) is 66.2. The van der Waals surface area contributed by atoms with E-state index in [1.165, 1.54) is 45.9 Å². The van der Waals surface area contributed by atoms with Crippen LogP contribution in [-0.4, -0.2) is 167 Å². The van der Waals surface area contributed by atoms with E-state index in [0.29, 0.717) is 31.2 Å². The Balaban J connectivity index is 0.836. The zero-order valence-electron chi connectivity index (χ0n) is 49.2. The molecule has 2 aromatic carbocycles. The summed E-state index contributed by atoms with van der Waals surface area (Å²) in [6.45, 7) is 9.26. The lowest BCUT2D eigenvalue weighted by Gasteiger charge is -2.38. The molecule has 0 unspecified atom stereocenters. The summed E-state index contributed by atoms with van der Waals surface area (Å²) in [4.78, 5) is 165. The van der Waals surface area contributed by atoms with Crippen LogP contribution in [0, 0.1) is 12.3 Å². The van der Waals surface area contributed by atoms with E-state index in [4.69, 9.17) is 5.73 Å². The SMILES string of the molecule is CC(=O)N1CC[C@H]2CC[C@@H](C(=O)N[C@@H](CCC(N)=O)C(=O)NCCCCCCCCCC(=O)N[C@H](C(=O)N3C[C@H](O)C[C@H]3C(=O)NCc3ccc(-c4scnc4C)cc3)C(C)(C)C)N2C(=O)[C@@H](NC(=O)c2cc3cc(C(=O)P(=O)(O)O)ccc3[nH]2)C1. The van der Waals surface area contributed by atoms with Gasteiger partial charge in [-0.2, -0.15) is 0 Å². The van der Waals surface area contributed by atoms with Crippen LogP contribution >= 0.6 is 18.9 Å². The zero-order chi connectivity index (χ0) is 62.6. The Hall–Kier alpha value is -7.38. The fraction of sp³-hybridized carbons (Fsp3) is 0.542. The second-order valence-corrected chi connectivity index (χ2v) is 26.0. The molecule has 25 nitrogen and oxygen atoms in total. The van der Waals surface area contributed by atoms with Gasteiger partial charge in [0.05, 0.1) is 22.2 Å². The Kier molecular flexibility index (Phi) is 22.6. The molecule has 3 saturated heterocycles. The number of thiazole rings is 1. The third-order valence-electron chi connectivity index (χ3n) is 16.0. The molecule has 0 saturated carbocycles. The number of unbranched alkanes of at least 4 members (excludes halogenated alkanes) is 6. The third kappa shape index (κ3) is 17.4. The summed E-state index contributed by atoms with van der Waals surface area (Å²) in [5, 5.41) is 25.0. The molecule has 3 aliphatic rings. The highest BCUT2D eigenvalue weighted by atomic mass is 32.1. The molecule has 466 valence electrons. The number of aromatic nitrogens is 2. The Bertz CT molecular complexity index is 3210. The molecule has 0 radical (unpaired) electrons. The van der Waals surface area contributed by atoms with Crippen molar-refractivity contribution in [1.29, 1.82) is 0 Å². The summed E-state index contributed by atoms with van der Waals surface area (Å²) in [5.74, 6) is -4.75. The molecular weight excluding hydrogens is 1150 g/mol. The van der Waals surface area contributed by atoms with Crippen molar-refractivity contribution in [3.05, 3.63) is 76.6 Å². The molecular formula is C59H80N11O14PS. The summed E-state index contributed by atoms with van der Waals surface area (Å²) >= 11 is 1.55. The van der Waals surface area contributed by atoms with Crippen LogP contribution in [0.3, 0.4) is 0 Å². The van der Waals surface area contributed by atoms with Gasteiger partial charge in [-0.05, 0) is 86.3 Å². The number of likely N-dealkylation sites (tertiary alicyclic amines) is 1. The molecule has 4 aromatic rings. The van der Waals surface area contributed by atoms with E-state index >= 15 is 0 Å². The Morgan fingerprint density at radius 1 is 0.849 bits per heavy atom. The number of hydrogen-bond acceptors (Lipinski definition) is 14. The van der Waals surface area contributed by atoms with Crippen LogP contribution in [0.4, 0.5) is 0 Å². The van der Waals surface area contributed by atoms with Crippen LogP contribution in [0.5, 0.6) is 0 Å². The molecule has 5 heterocycles. The summed E-state index contributed by atoms with van der Waals surface area (Å²) in [6, 6.07) is 7.01. The molecule has 0 spiro atoms. The van der Waals surface area contributed by atoms with Gasteiger partial charge in [0.1, 0.15) is 35.9 Å². The number of aliphatic hydroxyl groups is 1. The van der Waals surface area contributed by atoms with Crippen LogP contribution in [0.25, 0.3) is 21.3 Å². The second-order valence-electron chi connectivity index (χ2n) is 23.6. The van der Waals surface area contributed by atoms with Crippen molar-refractivity contribution in [2.75, 3.05) is 26.2 Å². The van der Waals surface area contributed by atoms with E-state index in [1.54, 1.807) is 16.8 Å². The minimum atomic E-state index is -5.09. The second kappa shape index (κ2) is 29.3. The van der Waals surface area contributed by atoms with Crippen molar-refractivity contribution in [2.45, 2.75) is 173 Å². The summed E-state index contributed by atoms with van der Waals surface area (Å²) in [6.07, 6.45) is 5.23. The molecule has 2 aromatic heterocycles. The number of carbonyl (C=O) groups is 10. The molecule has 0 aliphatic carbocycles. The topological polar surface area (TPSA) is 373 Å². The number of H-pyrrole nitrogens is 1. The number of primary amides is 1. The molecule has 7 rings (SSSR count). The van der Waals surface area contributed by atoms with Crippen molar-refractivity contribution in [2.24, 2.45) is 11.1 Å². The fourth-order valence-corrected chi connectivity index (χ4v) is 12.6. The third-order valence-corrected chi connectivity index (χ3v) is 17.8. The molecule has 3 aliphatic heterocycles. The van der Waals surface area contributed by atoms with E-state index in [2.05, 4.69) is 36.6 Å². The predicted molar refractivity (Wildman–Crippen MR) is 318 cm³/mol. The monoisotopic (exact) mass is 1230 g/mol. The van der Waals surface area contributed by atoms with Crippen LogP contribution in [0.1, 0.15) is 150 Å². The maximum atomic E-state index is 14.5. The first-order valence-electron chi connectivity index (χ1n) is 29.2. The number of nitrogens with one attached hydrogen (secondary N) is 6. The number of hydrogen-bond donors (Lipinski definition) is 10. The molecule has 9 amide bonds. The van der Waals surface area contributed by atoms with Crippen LogP contribution in [-0.2, 0) is 49.5 Å². The van der Waals surface area contributed by atoms with Gasteiger partial charge >= 0.3 is 7.60 Å². The van der Waals surface area contributed by atoms with E-state index in [9.17, 15) is 67.4 Å². The number of aryl methyl sites for hydroxylation is 1. The van der Waals surface area contributed by atoms with Gasteiger partial charge in [0.15, 0.2) is 0 Å². The van der Waals surface area contributed by atoms with Gasteiger partial charge in [-0.15, -0.1) is 11.3 Å². The highest BCUT2D eigenvalue weighted by molar-refractivity contribution is 7.70. The number of nitrogens with zero attached hydrogens (tertiary/aromatic N) is 4. The first-order valence-corrected chi connectivity index (χ1v) is 31.7. The number of amides is 9. The Labute approximate surface area is 502 Å². The molecule has 3 fully saturated rings. The van der Waals surface area contributed by atoms with Gasteiger partial charge in [0.2, 0.25) is 47.3 Å². The lowest BCUT2D eigenvalue weighted by molar-refractivity contribution is -0.145.